The molecule has 0 atom stereocenters. The van der Waals surface area contributed by atoms with Crippen molar-refractivity contribution >= 4 is 0 Å². The molecule has 0 bridgehead atoms. The van der Waals surface area contributed by atoms with Crippen LogP contribution in [0.3, 0.4) is 0 Å². The quantitative estimate of drug-likeness (QED) is 0.484. The Hall–Kier alpha value is 0. The number of hydrogen-bond acceptors (Lipinski definition) is 0. The second kappa shape index (κ2) is 7.35. The molecule has 0 nitrogen and oxygen atoms in total. The predicted molar refractivity (Wildman–Crippen MR) is 71.6 cm³/mol. The van der Waals surface area contributed by atoms with Gasteiger partial charge >= 0.3 is 0 Å². The van der Waals surface area contributed by atoms with Crippen molar-refractivity contribution in [1.29, 1.82) is 0 Å². The summed E-state index contributed by atoms with van der Waals surface area (Å²) in [6.07, 6.45) is 21.4. The maximum atomic E-state index is 1.55. The van der Waals surface area contributed by atoms with Gasteiger partial charge in [0.1, 0.15) is 0 Å². The van der Waals surface area contributed by atoms with Crippen LogP contribution >= 0.6 is 0 Å². The summed E-state index contributed by atoms with van der Waals surface area (Å²) in [5.41, 5.74) is 0. The second-order valence-corrected chi connectivity index (χ2v) is 6.29. The SMILES string of the molecule is C(CCCC1CCCC1)CCC1CCCC1. The van der Waals surface area contributed by atoms with Gasteiger partial charge in [-0.3, -0.25) is 0 Å². The molecule has 16 heavy (non-hydrogen) atoms. The third kappa shape index (κ3) is 4.47. The van der Waals surface area contributed by atoms with Gasteiger partial charge in [-0.05, 0) is 11.8 Å². The first-order valence-corrected chi connectivity index (χ1v) is 7.95. The smallest absolute Gasteiger partial charge is 0.0414 e. The maximum absolute atomic E-state index is 1.55. The minimum Gasteiger partial charge on any atom is -0.0533 e. The molecule has 2 rings (SSSR count). The topological polar surface area (TPSA) is 0 Å². The predicted octanol–water partition coefficient (Wildman–Crippen LogP) is 5.71. The van der Waals surface area contributed by atoms with Crippen LogP contribution in [0.2, 0.25) is 0 Å². The molecule has 2 aliphatic rings. The Morgan fingerprint density at radius 3 is 1.25 bits per heavy atom. The van der Waals surface area contributed by atoms with E-state index in [4.69, 9.17) is 0 Å². The third-order valence-electron chi connectivity index (χ3n) is 4.92. The fourth-order valence-electron chi connectivity index (χ4n) is 3.82. The van der Waals surface area contributed by atoms with Crippen molar-refractivity contribution in [2.24, 2.45) is 11.8 Å². The van der Waals surface area contributed by atoms with Crippen LogP contribution in [0.4, 0.5) is 0 Å². The summed E-state index contributed by atoms with van der Waals surface area (Å²) in [5, 5.41) is 0. The summed E-state index contributed by atoms with van der Waals surface area (Å²) in [4.78, 5) is 0. The lowest BCUT2D eigenvalue weighted by molar-refractivity contribution is 0.438. The zero-order valence-electron chi connectivity index (χ0n) is 11.1. The van der Waals surface area contributed by atoms with Crippen LogP contribution in [0.5, 0.6) is 0 Å². The van der Waals surface area contributed by atoms with Crippen LogP contribution in [0.15, 0.2) is 0 Å². The van der Waals surface area contributed by atoms with E-state index in [1.165, 1.54) is 51.4 Å². The van der Waals surface area contributed by atoms with E-state index in [0.717, 1.165) is 11.8 Å². The van der Waals surface area contributed by atoms with Gasteiger partial charge in [-0.1, -0.05) is 89.9 Å². The summed E-state index contributed by atoms with van der Waals surface area (Å²) in [6, 6.07) is 0. The second-order valence-electron chi connectivity index (χ2n) is 6.29. The highest BCUT2D eigenvalue weighted by Gasteiger charge is 2.15. The molecule has 0 saturated heterocycles. The van der Waals surface area contributed by atoms with E-state index in [1.54, 1.807) is 38.5 Å². The highest BCUT2D eigenvalue weighted by molar-refractivity contribution is 4.68. The lowest BCUT2D eigenvalue weighted by Crippen LogP contribution is -1.94. The first-order chi connectivity index (χ1) is 7.95. The van der Waals surface area contributed by atoms with Gasteiger partial charge in [0.05, 0.1) is 0 Å². The lowest BCUT2D eigenvalue weighted by Gasteiger charge is -2.10. The van der Waals surface area contributed by atoms with Crippen molar-refractivity contribution in [2.75, 3.05) is 0 Å². The fourth-order valence-corrected chi connectivity index (χ4v) is 3.82. The van der Waals surface area contributed by atoms with Gasteiger partial charge in [-0.15, -0.1) is 0 Å². The molecular formula is C16H30. The Morgan fingerprint density at radius 2 is 0.875 bits per heavy atom. The number of unbranched alkanes of at least 4 members (excludes halogenated alkanes) is 3. The molecule has 2 fully saturated rings. The molecule has 0 unspecified atom stereocenters. The molecule has 0 aromatic heterocycles. The summed E-state index contributed by atoms with van der Waals surface area (Å²) in [6.45, 7) is 0. The van der Waals surface area contributed by atoms with Gasteiger partial charge in [0, 0.05) is 0 Å². The van der Waals surface area contributed by atoms with Gasteiger partial charge in [0.15, 0.2) is 0 Å². The van der Waals surface area contributed by atoms with Gasteiger partial charge in [0.2, 0.25) is 0 Å². The van der Waals surface area contributed by atoms with Crippen LogP contribution in [0.1, 0.15) is 89.9 Å². The minimum atomic E-state index is 1.12. The van der Waals surface area contributed by atoms with Crippen molar-refractivity contribution in [3.05, 3.63) is 0 Å². The van der Waals surface area contributed by atoms with Crippen molar-refractivity contribution < 1.29 is 0 Å². The van der Waals surface area contributed by atoms with Gasteiger partial charge in [-0.25, -0.2) is 0 Å². The van der Waals surface area contributed by atoms with Crippen molar-refractivity contribution in [1.82, 2.24) is 0 Å². The highest BCUT2D eigenvalue weighted by atomic mass is 14.2. The molecule has 94 valence electrons. The number of rotatable bonds is 7. The normalized spacial score (nSPS) is 23.2. The van der Waals surface area contributed by atoms with E-state index < -0.39 is 0 Å². The van der Waals surface area contributed by atoms with E-state index >= 15 is 0 Å². The van der Waals surface area contributed by atoms with Crippen LogP contribution in [-0.2, 0) is 0 Å². The third-order valence-corrected chi connectivity index (χ3v) is 4.92. The molecule has 0 amide bonds. The first-order valence-electron chi connectivity index (χ1n) is 7.95. The zero-order chi connectivity index (χ0) is 11.1. The molecule has 0 heterocycles. The molecule has 2 aliphatic carbocycles. The average Bonchev–Trinajstić information content (AvgIpc) is 2.96. The lowest BCUT2D eigenvalue weighted by atomic mass is 9.96. The minimum absolute atomic E-state index is 1.12. The fraction of sp³-hybridized carbons (Fsp3) is 1.00. The number of hydrogen-bond donors (Lipinski definition) is 0. The monoisotopic (exact) mass is 222 g/mol. The first kappa shape index (κ1) is 12.5. The molecule has 0 heteroatoms. The van der Waals surface area contributed by atoms with Crippen LogP contribution in [0, 0.1) is 11.8 Å². The Bertz CT molecular complexity index is 141. The van der Waals surface area contributed by atoms with E-state index in [1.807, 2.05) is 0 Å². The van der Waals surface area contributed by atoms with Crippen molar-refractivity contribution in [3.63, 3.8) is 0 Å². The summed E-state index contributed by atoms with van der Waals surface area (Å²) in [5.74, 6) is 2.24. The van der Waals surface area contributed by atoms with Gasteiger partial charge < -0.3 is 0 Å². The zero-order valence-corrected chi connectivity index (χ0v) is 11.1. The molecule has 0 spiro atoms. The van der Waals surface area contributed by atoms with Gasteiger partial charge in [0.25, 0.3) is 0 Å². The molecule has 0 radical (unpaired) electrons. The Balaban J connectivity index is 1.37. The molecule has 0 aromatic rings. The Kier molecular flexibility index (Phi) is 5.72. The summed E-state index contributed by atoms with van der Waals surface area (Å²) in [7, 11) is 0. The highest BCUT2D eigenvalue weighted by Crippen LogP contribution is 2.31. The molecular weight excluding hydrogens is 192 g/mol. The summed E-state index contributed by atoms with van der Waals surface area (Å²) < 4.78 is 0. The molecule has 0 N–H and O–H groups in total. The van der Waals surface area contributed by atoms with Crippen molar-refractivity contribution in [3.8, 4) is 0 Å². The van der Waals surface area contributed by atoms with E-state index in [9.17, 15) is 0 Å². The van der Waals surface area contributed by atoms with E-state index in [2.05, 4.69) is 0 Å². The van der Waals surface area contributed by atoms with E-state index in [-0.39, 0.29) is 0 Å². The van der Waals surface area contributed by atoms with Crippen LogP contribution in [0.25, 0.3) is 0 Å². The average molecular weight is 222 g/mol. The van der Waals surface area contributed by atoms with Crippen LogP contribution < -0.4 is 0 Å². The summed E-state index contributed by atoms with van der Waals surface area (Å²) >= 11 is 0. The Labute approximate surface area is 102 Å². The molecule has 0 aliphatic heterocycles. The molecule has 2 saturated carbocycles. The largest absolute Gasteiger partial charge is 0.0533 e. The maximum Gasteiger partial charge on any atom is -0.0414 e. The van der Waals surface area contributed by atoms with E-state index in [0.29, 0.717) is 0 Å². The Morgan fingerprint density at radius 1 is 0.500 bits per heavy atom. The molecule has 0 aromatic carbocycles. The van der Waals surface area contributed by atoms with Crippen LogP contribution in [-0.4, -0.2) is 0 Å². The van der Waals surface area contributed by atoms with Gasteiger partial charge in [-0.2, -0.15) is 0 Å². The van der Waals surface area contributed by atoms with Crippen molar-refractivity contribution in [2.45, 2.75) is 89.9 Å². The standard InChI is InChI=1S/C16H30/c1(3-9-15-11-5-6-12-15)2-4-10-16-13-7-8-14-16/h15-16H,1-14H2.